The number of thiocarbonyl (C=S) groups is 1. The van der Waals surface area contributed by atoms with E-state index >= 15 is 0 Å². The van der Waals surface area contributed by atoms with Crippen molar-refractivity contribution in [1.82, 2.24) is 9.80 Å². The van der Waals surface area contributed by atoms with Gasteiger partial charge in [0.05, 0.1) is 5.57 Å². The number of alkyl halides is 3. The molecule has 2 unspecified atom stereocenters. The van der Waals surface area contributed by atoms with Crippen molar-refractivity contribution in [2.45, 2.75) is 31.2 Å². The summed E-state index contributed by atoms with van der Waals surface area (Å²) in [6.45, 7) is 3.84. The van der Waals surface area contributed by atoms with Gasteiger partial charge in [0.25, 0.3) is 0 Å². The number of carboxylic acids is 2. The second-order valence-corrected chi connectivity index (χ2v) is 7.19. The Bertz CT molecular complexity index is 691. The standard InChI is InChI=1S/C15H19F3N2OS.C2H2O4/c1-19-9-11(3-6-20-4-2-5-20)21-12-7-10(15(16,17)18)8-13(22)14(12)19;3-1(4)2(5)6/h7-8,11,14H,2-6,9H2,1H3;(H,3,4)(H,5,6). The maximum Gasteiger partial charge on any atom is 0.416 e. The lowest BCUT2D eigenvalue weighted by Gasteiger charge is -2.42. The molecule has 7 nitrogen and oxygen atoms in total. The van der Waals surface area contributed by atoms with Crippen molar-refractivity contribution < 1.29 is 37.7 Å². The number of nitrogens with zero attached hydrogens (tertiary/aromatic N) is 2. The quantitative estimate of drug-likeness (QED) is 0.525. The molecule has 0 radical (unpaired) electrons. The van der Waals surface area contributed by atoms with E-state index in [1.54, 1.807) is 0 Å². The monoisotopic (exact) mass is 422 g/mol. The van der Waals surface area contributed by atoms with Crippen molar-refractivity contribution in [3.63, 3.8) is 0 Å². The van der Waals surface area contributed by atoms with Crippen LogP contribution in [0.4, 0.5) is 13.2 Å². The number of carboxylic acid groups (broad SMARTS) is 2. The summed E-state index contributed by atoms with van der Waals surface area (Å²) in [5.74, 6) is -3.31. The van der Waals surface area contributed by atoms with Crippen LogP contribution in [0.1, 0.15) is 12.8 Å². The van der Waals surface area contributed by atoms with E-state index < -0.39 is 23.7 Å². The average Bonchev–Trinajstić information content (AvgIpc) is 2.52. The molecule has 11 heteroatoms. The van der Waals surface area contributed by atoms with Crippen molar-refractivity contribution in [3.05, 3.63) is 23.5 Å². The number of ether oxygens (including phenoxy) is 1. The van der Waals surface area contributed by atoms with Gasteiger partial charge in [-0.2, -0.15) is 13.2 Å². The highest BCUT2D eigenvalue weighted by Gasteiger charge is 2.41. The van der Waals surface area contributed by atoms with Gasteiger partial charge in [0, 0.05) is 18.0 Å². The van der Waals surface area contributed by atoms with E-state index in [9.17, 15) is 13.2 Å². The first-order valence-corrected chi connectivity index (χ1v) is 8.99. The van der Waals surface area contributed by atoms with Crippen LogP contribution in [0.25, 0.3) is 0 Å². The minimum atomic E-state index is -4.39. The molecule has 28 heavy (non-hydrogen) atoms. The Kier molecular flexibility index (Phi) is 7.18. The average molecular weight is 422 g/mol. The third-order valence-corrected chi connectivity index (χ3v) is 4.94. The van der Waals surface area contributed by atoms with Crippen molar-refractivity contribution >= 4 is 29.0 Å². The van der Waals surface area contributed by atoms with Crippen molar-refractivity contribution in [1.29, 1.82) is 0 Å². The van der Waals surface area contributed by atoms with Crippen LogP contribution in [-0.2, 0) is 14.3 Å². The summed E-state index contributed by atoms with van der Waals surface area (Å²) in [6, 6.07) is -0.346. The van der Waals surface area contributed by atoms with Gasteiger partial charge in [-0.3, -0.25) is 4.90 Å². The lowest BCUT2D eigenvalue weighted by Crippen LogP contribution is -2.51. The van der Waals surface area contributed by atoms with Crippen molar-refractivity contribution in [3.8, 4) is 0 Å². The molecule has 2 heterocycles. The molecule has 0 aromatic heterocycles. The Hall–Kier alpha value is -1.98. The summed E-state index contributed by atoms with van der Waals surface area (Å²) in [5, 5.41) is 14.8. The van der Waals surface area contributed by atoms with Crippen LogP contribution in [0, 0.1) is 0 Å². The Labute approximate surface area is 165 Å². The second-order valence-electron chi connectivity index (χ2n) is 6.72. The summed E-state index contributed by atoms with van der Waals surface area (Å²) in [7, 11) is 1.89. The largest absolute Gasteiger partial charge is 0.491 e. The SMILES string of the molecule is CN1CC(CCN2CCC2)OC2=CC(C(F)(F)F)=CC(=S)C21.O=C(O)C(=O)O. The van der Waals surface area contributed by atoms with E-state index in [0.29, 0.717) is 12.3 Å². The number of carbonyl (C=O) groups is 2. The van der Waals surface area contributed by atoms with Crippen LogP contribution in [0.2, 0.25) is 0 Å². The fourth-order valence-corrected chi connectivity index (χ4v) is 3.50. The van der Waals surface area contributed by atoms with Crippen LogP contribution in [0.15, 0.2) is 23.5 Å². The second kappa shape index (κ2) is 9.01. The zero-order chi connectivity index (χ0) is 21.1. The number of rotatable bonds is 3. The minimum absolute atomic E-state index is 0.0801. The zero-order valence-electron chi connectivity index (χ0n) is 15.1. The van der Waals surface area contributed by atoms with Crippen molar-refractivity contribution in [2.24, 2.45) is 0 Å². The van der Waals surface area contributed by atoms with Gasteiger partial charge in [-0.05, 0) is 45.1 Å². The first-order valence-electron chi connectivity index (χ1n) is 8.59. The number of halogens is 3. The van der Waals surface area contributed by atoms with Gasteiger partial charge in [0.2, 0.25) is 0 Å². The highest BCUT2D eigenvalue weighted by Crippen LogP contribution is 2.35. The molecular formula is C17H21F3N2O5S. The molecule has 0 aromatic rings. The highest BCUT2D eigenvalue weighted by atomic mass is 32.1. The number of hydrogen-bond donors (Lipinski definition) is 2. The molecule has 0 spiro atoms. The number of likely N-dealkylation sites (tertiary alicyclic amines) is 1. The van der Waals surface area contributed by atoms with E-state index in [4.69, 9.17) is 36.8 Å². The summed E-state index contributed by atoms with van der Waals surface area (Å²) < 4.78 is 44.6. The molecule has 0 saturated carbocycles. The number of allylic oxidation sites excluding steroid dienone is 2. The number of fused-ring (bicyclic) bond motifs is 1. The summed E-state index contributed by atoms with van der Waals surface area (Å²) in [4.78, 5) is 22.8. The summed E-state index contributed by atoms with van der Waals surface area (Å²) >= 11 is 5.15. The fourth-order valence-electron chi connectivity index (χ4n) is 3.08. The Balaban J connectivity index is 0.000000409. The van der Waals surface area contributed by atoms with Crippen LogP contribution in [-0.4, -0.2) is 88.4 Å². The maximum atomic E-state index is 12.9. The fraction of sp³-hybridized carbons (Fsp3) is 0.588. The van der Waals surface area contributed by atoms with E-state index in [-0.39, 0.29) is 17.0 Å². The number of aliphatic carboxylic acids is 2. The topological polar surface area (TPSA) is 90.3 Å². The molecule has 3 aliphatic rings. The van der Waals surface area contributed by atoms with E-state index in [1.807, 2.05) is 11.9 Å². The lowest BCUT2D eigenvalue weighted by atomic mass is 9.96. The molecular weight excluding hydrogens is 401 g/mol. The van der Waals surface area contributed by atoms with Crippen LogP contribution >= 0.6 is 12.2 Å². The lowest BCUT2D eigenvalue weighted by molar-refractivity contribution is -0.159. The molecule has 3 rings (SSSR count). The molecule has 2 atom stereocenters. The van der Waals surface area contributed by atoms with Gasteiger partial charge in [-0.25, -0.2) is 9.59 Å². The molecule has 0 bridgehead atoms. The van der Waals surface area contributed by atoms with Gasteiger partial charge in [-0.15, -0.1) is 0 Å². The maximum absolute atomic E-state index is 12.9. The van der Waals surface area contributed by atoms with Crippen LogP contribution in [0.5, 0.6) is 0 Å². The first-order chi connectivity index (χ1) is 13.0. The summed E-state index contributed by atoms with van der Waals surface area (Å²) in [6.07, 6.45) is -0.271. The number of likely N-dealkylation sites (N-methyl/N-ethyl adjacent to an activating group) is 1. The summed E-state index contributed by atoms with van der Waals surface area (Å²) in [5.41, 5.74) is -0.722. The smallest absolute Gasteiger partial charge is 0.416 e. The van der Waals surface area contributed by atoms with E-state index in [2.05, 4.69) is 4.90 Å². The number of morpholine rings is 1. The molecule has 1 aliphatic carbocycles. The molecule has 0 amide bonds. The normalized spacial score (nSPS) is 25.2. The Morgan fingerprint density at radius 1 is 1.25 bits per heavy atom. The molecule has 2 N–H and O–H groups in total. The van der Waals surface area contributed by atoms with Crippen LogP contribution < -0.4 is 0 Å². The predicted molar refractivity (Wildman–Crippen MR) is 97.1 cm³/mol. The molecule has 0 aromatic carbocycles. The molecule has 2 fully saturated rings. The number of hydrogen-bond acceptors (Lipinski definition) is 6. The van der Waals surface area contributed by atoms with Crippen LogP contribution in [0.3, 0.4) is 0 Å². The third-order valence-electron chi connectivity index (χ3n) is 4.60. The zero-order valence-corrected chi connectivity index (χ0v) is 15.9. The highest BCUT2D eigenvalue weighted by molar-refractivity contribution is 7.81. The van der Waals surface area contributed by atoms with Gasteiger partial charge < -0.3 is 19.8 Å². The van der Waals surface area contributed by atoms with Gasteiger partial charge in [0.15, 0.2) is 0 Å². The van der Waals surface area contributed by atoms with Crippen molar-refractivity contribution in [2.75, 3.05) is 33.2 Å². The molecule has 2 saturated heterocycles. The van der Waals surface area contributed by atoms with Gasteiger partial charge in [-0.1, -0.05) is 12.2 Å². The van der Waals surface area contributed by atoms with Gasteiger partial charge in [0.1, 0.15) is 17.9 Å². The van der Waals surface area contributed by atoms with Gasteiger partial charge >= 0.3 is 18.1 Å². The third kappa shape index (κ3) is 5.76. The first kappa shape index (κ1) is 22.3. The molecule has 2 aliphatic heterocycles. The van der Waals surface area contributed by atoms with E-state index in [0.717, 1.165) is 38.2 Å². The Morgan fingerprint density at radius 2 is 1.86 bits per heavy atom. The predicted octanol–water partition coefficient (Wildman–Crippen LogP) is 1.69. The van der Waals surface area contributed by atoms with E-state index in [1.165, 1.54) is 6.42 Å². The Morgan fingerprint density at radius 3 is 2.32 bits per heavy atom. The minimum Gasteiger partial charge on any atom is -0.491 e. The molecule has 156 valence electrons.